The van der Waals surface area contributed by atoms with Gasteiger partial charge >= 0.3 is 5.97 Å². The van der Waals surface area contributed by atoms with Crippen LogP contribution >= 0.6 is 0 Å². The molecule has 13 nitrogen and oxygen atoms in total. The molecule has 0 aliphatic carbocycles. The highest BCUT2D eigenvalue weighted by molar-refractivity contribution is 5.91. The number of fused-ring (bicyclic) bond motifs is 2. The lowest BCUT2D eigenvalue weighted by Gasteiger charge is -2.57. The third-order valence-electron chi connectivity index (χ3n) is 13.3. The zero-order chi connectivity index (χ0) is 44.1. The van der Waals surface area contributed by atoms with Gasteiger partial charge in [-0.2, -0.15) is 0 Å². The Morgan fingerprint density at radius 2 is 1.45 bits per heavy atom. The lowest BCUT2D eigenvalue weighted by Crippen LogP contribution is -2.75. The summed E-state index contributed by atoms with van der Waals surface area (Å²) >= 11 is 0. The highest BCUT2D eigenvalue weighted by atomic mass is 16.7. The molecule has 0 aromatic rings. The fourth-order valence-electron chi connectivity index (χ4n) is 8.94. The molecule has 330 valence electrons. The lowest BCUT2D eigenvalue weighted by atomic mass is 9.71. The Hall–Kier alpha value is -2.62. The zero-order valence-electron chi connectivity index (χ0n) is 36.4. The number of aliphatic hydroxyl groups is 6. The van der Waals surface area contributed by atoms with E-state index >= 15 is 0 Å². The minimum atomic E-state index is -2.23. The monoisotopic (exact) mass is 820 g/mol. The van der Waals surface area contributed by atoms with Crippen LogP contribution in [-0.4, -0.2) is 114 Å². The van der Waals surface area contributed by atoms with Crippen LogP contribution in [0.3, 0.4) is 0 Å². The molecule has 3 rings (SSSR count). The van der Waals surface area contributed by atoms with Crippen molar-refractivity contribution in [2.75, 3.05) is 0 Å². The Balaban J connectivity index is 2.06. The molecule has 0 radical (unpaired) electrons. The Bertz CT molecular complexity index is 1510. The van der Waals surface area contributed by atoms with Crippen LogP contribution < -0.4 is 0 Å². The first kappa shape index (κ1) is 49.7. The van der Waals surface area contributed by atoms with E-state index in [1.54, 1.807) is 27.7 Å². The molecule has 2 fully saturated rings. The van der Waals surface area contributed by atoms with Gasteiger partial charge in [0.15, 0.2) is 17.2 Å². The number of Topliss-reactive ketones (excluding diaryl/α,β-unsaturated/α-hetero) is 3. The first-order valence-corrected chi connectivity index (χ1v) is 21.2. The first-order chi connectivity index (χ1) is 26.8. The molecule has 2 bridgehead atoms. The molecule has 58 heavy (non-hydrogen) atoms. The quantitative estimate of drug-likeness (QED) is 0.221. The van der Waals surface area contributed by atoms with Crippen molar-refractivity contribution < 1.29 is 64.0 Å². The maximum atomic E-state index is 14.0. The summed E-state index contributed by atoms with van der Waals surface area (Å²) in [6.45, 7) is 17.4. The molecule has 1 spiro atoms. The maximum Gasteiger partial charge on any atom is 0.330 e. The van der Waals surface area contributed by atoms with Crippen LogP contribution in [0.5, 0.6) is 0 Å². The Morgan fingerprint density at radius 3 is 2.05 bits per heavy atom. The summed E-state index contributed by atoms with van der Waals surface area (Å²) in [6, 6.07) is 0. The van der Waals surface area contributed by atoms with E-state index in [1.807, 2.05) is 38.2 Å². The van der Waals surface area contributed by atoms with Gasteiger partial charge in [-0.05, 0) is 70.6 Å². The van der Waals surface area contributed by atoms with E-state index in [9.17, 15) is 49.8 Å². The minimum absolute atomic E-state index is 0.00618. The molecular formula is C45H72O13. The fourth-order valence-corrected chi connectivity index (χ4v) is 8.94. The number of ketones is 3. The molecule has 0 aromatic carbocycles. The van der Waals surface area contributed by atoms with Crippen molar-refractivity contribution in [3.63, 3.8) is 0 Å². The van der Waals surface area contributed by atoms with Gasteiger partial charge in [0, 0.05) is 42.1 Å². The second kappa shape index (κ2) is 20.3. The minimum Gasteiger partial charge on any atom is -0.456 e. The van der Waals surface area contributed by atoms with Gasteiger partial charge in [0.2, 0.25) is 0 Å². The van der Waals surface area contributed by atoms with Gasteiger partial charge in [0.05, 0.1) is 36.6 Å². The average Bonchev–Trinajstić information content (AvgIpc) is 3.16. The van der Waals surface area contributed by atoms with E-state index in [2.05, 4.69) is 0 Å². The Kier molecular flexibility index (Phi) is 17.4. The normalized spacial score (nSPS) is 45.3. The maximum absolute atomic E-state index is 14.0. The number of allylic oxidation sites excluding steroid dienone is 4. The lowest BCUT2D eigenvalue weighted by molar-refractivity contribution is -0.388. The molecule has 3 aliphatic heterocycles. The van der Waals surface area contributed by atoms with Crippen LogP contribution in [0.25, 0.3) is 0 Å². The summed E-state index contributed by atoms with van der Waals surface area (Å²) in [5.74, 6) is -10.5. The van der Waals surface area contributed by atoms with E-state index < -0.39 is 119 Å². The van der Waals surface area contributed by atoms with E-state index in [1.165, 1.54) is 40.7 Å². The van der Waals surface area contributed by atoms with Crippen LogP contribution in [0, 0.1) is 47.3 Å². The first-order valence-electron chi connectivity index (χ1n) is 21.2. The highest BCUT2D eigenvalue weighted by Crippen LogP contribution is 2.49. The van der Waals surface area contributed by atoms with Crippen LogP contribution in [0.1, 0.15) is 115 Å². The molecule has 0 saturated carbocycles. The van der Waals surface area contributed by atoms with Gasteiger partial charge in [-0.1, -0.05) is 85.8 Å². The van der Waals surface area contributed by atoms with Gasteiger partial charge in [-0.3, -0.25) is 14.4 Å². The topological polar surface area (TPSA) is 217 Å². The molecule has 0 aromatic heterocycles. The molecule has 2 saturated heterocycles. The second-order valence-electron chi connectivity index (χ2n) is 18.2. The number of hydrogen-bond acceptors (Lipinski definition) is 13. The number of aliphatic hydroxyl groups excluding tert-OH is 4. The summed E-state index contributed by atoms with van der Waals surface area (Å²) in [6.07, 6.45) is 4.55. The highest BCUT2D eigenvalue weighted by Gasteiger charge is 2.69. The Labute approximate surface area is 344 Å². The number of carbonyl (C=O) groups excluding carboxylic acids is 4. The van der Waals surface area contributed by atoms with Crippen molar-refractivity contribution >= 4 is 23.3 Å². The van der Waals surface area contributed by atoms with Crippen molar-refractivity contribution in [2.24, 2.45) is 47.3 Å². The van der Waals surface area contributed by atoms with Crippen LogP contribution in [0.15, 0.2) is 36.5 Å². The Morgan fingerprint density at radius 1 is 0.828 bits per heavy atom. The van der Waals surface area contributed by atoms with Crippen LogP contribution in [0.4, 0.5) is 0 Å². The molecule has 18 atom stereocenters. The third kappa shape index (κ3) is 10.8. The fraction of sp³-hybridized carbons (Fsp3) is 0.778. The zero-order valence-corrected chi connectivity index (χ0v) is 36.4. The second-order valence-corrected chi connectivity index (χ2v) is 18.2. The van der Waals surface area contributed by atoms with E-state index in [4.69, 9.17) is 14.2 Å². The molecule has 3 aliphatic rings. The summed E-state index contributed by atoms with van der Waals surface area (Å²) in [5, 5.41) is 67.3. The number of esters is 1. The van der Waals surface area contributed by atoms with Gasteiger partial charge in [0.1, 0.15) is 17.5 Å². The van der Waals surface area contributed by atoms with Crippen molar-refractivity contribution in [2.45, 2.75) is 174 Å². The van der Waals surface area contributed by atoms with Crippen molar-refractivity contribution in [3.05, 3.63) is 36.5 Å². The van der Waals surface area contributed by atoms with Crippen LogP contribution in [-0.2, 0) is 33.4 Å². The summed E-state index contributed by atoms with van der Waals surface area (Å²) in [4.78, 5) is 54.6. The third-order valence-corrected chi connectivity index (χ3v) is 13.3. The number of rotatable bonds is 3. The van der Waals surface area contributed by atoms with Gasteiger partial charge < -0.3 is 44.8 Å². The van der Waals surface area contributed by atoms with Crippen molar-refractivity contribution in [3.8, 4) is 0 Å². The predicted octanol–water partition coefficient (Wildman–Crippen LogP) is 4.18. The van der Waals surface area contributed by atoms with Gasteiger partial charge in [0.25, 0.3) is 5.79 Å². The van der Waals surface area contributed by atoms with E-state index in [-0.39, 0.29) is 24.7 Å². The van der Waals surface area contributed by atoms with Crippen molar-refractivity contribution in [1.29, 1.82) is 0 Å². The number of carbonyl (C=O) groups is 4. The molecule has 13 heteroatoms. The number of hydrogen-bond donors (Lipinski definition) is 6. The molecule has 3 heterocycles. The molecule has 0 amide bonds. The summed E-state index contributed by atoms with van der Waals surface area (Å²) < 4.78 is 19.0. The standard InChI is InChI=1S/C45H72O13/c1-12-32-17-15-13-14-16-25(3)40(52)43(10,54)41(53)31(9)39(51)30(8)38(50)29(7)37(49)24(2)18-21-36(48)56-42-28(6)33(20-19-32)57-45(44(42,11)55)35(47)22-26(4)34(58-45)23-27(5)46/h13-15,17-18,21,24-34,37,39-40,42,46,49,51-52,54-55H,12,16,19-20,22-23H2,1-11H3. The van der Waals surface area contributed by atoms with E-state index in [0.717, 1.165) is 12.5 Å². The number of ether oxygens (including phenoxy) is 3. The predicted molar refractivity (Wildman–Crippen MR) is 217 cm³/mol. The molecule has 6 N–H and O–H groups in total. The van der Waals surface area contributed by atoms with E-state index in [0.29, 0.717) is 19.3 Å². The van der Waals surface area contributed by atoms with Crippen LogP contribution in [0.2, 0.25) is 0 Å². The largest absolute Gasteiger partial charge is 0.456 e. The molecular weight excluding hydrogens is 748 g/mol. The van der Waals surface area contributed by atoms with Gasteiger partial charge in [-0.25, -0.2) is 4.79 Å². The SMILES string of the molecule is CCC1C=CC=CCC(C)C(O)C(C)(O)C(=O)C(C)C(O)C(C)C(=O)C(C)C(O)C(C)C=CC(=O)OC2C(C)C(CC1)OC1(OC(CC(C)O)C(C)CC1=O)C2(C)O. The smallest absolute Gasteiger partial charge is 0.330 e. The summed E-state index contributed by atoms with van der Waals surface area (Å²) in [5.41, 5.74) is -4.38. The van der Waals surface area contributed by atoms with Crippen molar-refractivity contribution in [1.82, 2.24) is 0 Å². The average molecular weight is 821 g/mol. The molecule has 18 unspecified atom stereocenters. The van der Waals surface area contributed by atoms with Gasteiger partial charge in [-0.15, -0.1) is 0 Å². The summed E-state index contributed by atoms with van der Waals surface area (Å²) in [7, 11) is 0.